The molecule has 1 atom stereocenters. The van der Waals surface area contributed by atoms with Crippen LogP contribution in [-0.4, -0.2) is 65.9 Å². The van der Waals surface area contributed by atoms with Crippen LogP contribution in [0.4, 0.5) is 0 Å². The molecule has 1 aliphatic carbocycles. The van der Waals surface area contributed by atoms with E-state index in [2.05, 4.69) is 54.2 Å². The molecule has 0 radical (unpaired) electrons. The summed E-state index contributed by atoms with van der Waals surface area (Å²) < 4.78 is 2.07. The van der Waals surface area contributed by atoms with E-state index >= 15 is 0 Å². The van der Waals surface area contributed by atoms with E-state index in [-0.39, 0.29) is 17.7 Å². The molecule has 2 aliphatic heterocycles. The Kier molecular flexibility index (Phi) is 9.68. The molecule has 2 fully saturated rings. The van der Waals surface area contributed by atoms with Gasteiger partial charge in [-0.25, -0.2) is 0 Å². The summed E-state index contributed by atoms with van der Waals surface area (Å²) in [5.41, 5.74) is 5.07. The molecule has 1 aromatic heterocycles. The van der Waals surface area contributed by atoms with Crippen molar-refractivity contribution in [1.29, 1.82) is 0 Å². The van der Waals surface area contributed by atoms with E-state index in [4.69, 9.17) is 16.6 Å². The molecule has 9 heteroatoms. The average molecular weight is 681 g/mol. The van der Waals surface area contributed by atoms with Crippen LogP contribution in [0, 0.1) is 11.8 Å². The van der Waals surface area contributed by atoms with Gasteiger partial charge in [0.2, 0.25) is 11.8 Å². The fraction of sp³-hybridized carbons (Fsp3) is 0.567. The number of likely N-dealkylation sites (tertiary alicyclic amines) is 2. The zero-order valence-electron chi connectivity index (χ0n) is 22.5. The summed E-state index contributed by atoms with van der Waals surface area (Å²) in [5.74, 6) is 1.38. The van der Waals surface area contributed by atoms with Crippen molar-refractivity contribution in [3.8, 4) is 0 Å². The largest absolute Gasteiger partial charge is 0.343 e. The smallest absolute Gasteiger partial charge is 0.236 e. The average Bonchev–Trinajstić information content (AvgIpc) is 3.09. The summed E-state index contributed by atoms with van der Waals surface area (Å²) in [5, 5.41) is 3.87. The minimum atomic E-state index is 0.168. The second kappa shape index (κ2) is 13.0. The van der Waals surface area contributed by atoms with E-state index in [0.29, 0.717) is 24.8 Å². The van der Waals surface area contributed by atoms with Gasteiger partial charge in [0.25, 0.3) is 0 Å². The van der Waals surface area contributed by atoms with Crippen LogP contribution in [0.5, 0.6) is 0 Å². The van der Waals surface area contributed by atoms with Gasteiger partial charge < -0.3 is 15.1 Å². The minimum absolute atomic E-state index is 0.168. The first-order valence-corrected chi connectivity index (χ1v) is 16.2. The number of aromatic nitrogens is 1. The molecule has 210 valence electrons. The maximum absolute atomic E-state index is 13.3. The molecule has 0 spiro atoms. The Bertz CT molecular complexity index is 1210. The second-order valence-corrected chi connectivity index (χ2v) is 13.4. The Balaban J connectivity index is 1.23. The lowest BCUT2D eigenvalue weighted by Crippen LogP contribution is -2.44. The molecule has 0 unspecified atom stereocenters. The molecule has 2 amide bonds. The highest BCUT2D eigenvalue weighted by molar-refractivity contribution is 9.10. The van der Waals surface area contributed by atoms with E-state index in [0.717, 1.165) is 85.2 Å². The van der Waals surface area contributed by atoms with Gasteiger partial charge in [-0.2, -0.15) is 0 Å². The van der Waals surface area contributed by atoms with Crippen LogP contribution in [-0.2, 0) is 22.4 Å². The van der Waals surface area contributed by atoms with E-state index in [9.17, 15) is 9.59 Å². The zero-order chi connectivity index (χ0) is 27.5. The summed E-state index contributed by atoms with van der Waals surface area (Å²) >= 11 is 13.9. The molecule has 0 saturated carbocycles. The summed E-state index contributed by atoms with van der Waals surface area (Å²) in [6, 6.07) is 6.34. The molecule has 2 aromatic rings. The molecule has 5 rings (SSSR count). The van der Waals surface area contributed by atoms with Crippen molar-refractivity contribution < 1.29 is 9.59 Å². The van der Waals surface area contributed by atoms with Gasteiger partial charge in [0.05, 0.1) is 12.2 Å². The highest BCUT2D eigenvalue weighted by Gasteiger charge is 2.36. The number of fused-ring (bicyclic) bond motifs is 2. The maximum atomic E-state index is 13.3. The summed E-state index contributed by atoms with van der Waals surface area (Å²) in [4.78, 5) is 34.5. The van der Waals surface area contributed by atoms with Crippen molar-refractivity contribution >= 4 is 55.3 Å². The van der Waals surface area contributed by atoms with Crippen molar-refractivity contribution in [2.75, 3.05) is 39.3 Å². The summed E-state index contributed by atoms with van der Waals surface area (Å²) in [7, 11) is 0. The lowest BCUT2D eigenvalue weighted by molar-refractivity contribution is -0.134. The van der Waals surface area contributed by atoms with Crippen molar-refractivity contribution in [1.82, 2.24) is 20.1 Å². The molecule has 6 nitrogen and oxygen atoms in total. The van der Waals surface area contributed by atoms with Gasteiger partial charge >= 0.3 is 0 Å². The van der Waals surface area contributed by atoms with Gasteiger partial charge in [0, 0.05) is 58.7 Å². The lowest BCUT2D eigenvalue weighted by atomic mass is 9.76. The predicted molar refractivity (Wildman–Crippen MR) is 162 cm³/mol. The van der Waals surface area contributed by atoms with Gasteiger partial charge in [-0.05, 0) is 108 Å². The SMILES string of the molecule is CCNCC(=O)N1CCC(CC(=O)N2CCC([C@H]3c4ncc(Br)cc4CCc4cc(Cl)cc(Br)c43)CC2)CC1. The Morgan fingerprint density at radius 1 is 0.974 bits per heavy atom. The minimum Gasteiger partial charge on any atom is -0.343 e. The third kappa shape index (κ3) is 6.71. The van der Waals surface area contributed by atoms with Crippen LogP contribution in [0.2, 0.25) is 5.02 Å². The number of pyridine rings is 1. The van der Waals surface area contributed by atoms with Crippen molar-refractivity contribution in [2.45, 2.75) is 57.8 Å². The fourth-order valence-electron chi connectivity index (χ4n) is 6.62. The number of likely N-dealkylation sites (N-methyl/N-ethyl adjacent to an activating group) is 1. The molecular weight excluding hydrogens is 644 g/mol. The Labute approximate surface area is 253 Å². The van der Waals surface area contributed by atoms with Crippen LogP contribution in [0.3, 0.4) is 0 Å². The number of hydrogen-bond donors (Lipinski definition) is 1. The van der Waals surface area contributed by atoms with Crippen LogP contribution in [0.1, 0.15) is 67.3 Å². The number of halogens is 3. The monoisotopic (exact) mass is 678 g/mol. The Morgan fingerprint density at radius 2 is 1.64 bits per heavy atom. The molecule has 1 N–H and O–H groups in total. The van der Waals surface area contributed by atoms with Crippen LogP contribution >= 0.6 is 43.5 Å². The number of amides is 2. The first-order chi connectivity index (χ1) is 18.8. The summed E-state index contributed by atoms with van der Waals surface area (Å²) in [6.07, 6.45) is 8.12. The molecular formula is C30H37Br2ClN4O2. The van der Waals surface area contributed by atoms with E-state index in [1.807, 2.05) is 24.1 Å². The number of benzene rings is 1. The molecule has 39 heavy (non-hydrogen) atoms. The lowest BCUT2D eigenvalue weighted by Gasteiger charge is -2.38. The maximum Gasteiger partial charge on any atom is 0.236 e. The first kappa shape index (κ1) is 29.0. The molecule has 3 aliphatic rings. The molecule has 0 bridgehead atoms. The van der Waals surface area contributed by atoms with Crippen LogP contribution < -0.4 is 5.32 Å². The van der Waals surface area contributed by atoms with Crippen molar-refractivity contribution in [3.63, 3.8) is 0 Å². The quantitative estimate of drug-likeness (QED) is 0.409. The van der Waals surface area contributed by atoms with Crippen LogP contribution in [0.15, 0.2) is 33.3 Å². The van der Waals surface area contributed by atoms with Gasteiger partial charge in [0.15, 0.2) is 0 Å². The van der Waals surface area contributed by atoms with Gasteiger partial charge in [0.1, 0.15) is 0 Å². The van der Waals surface area contributed by atoms with E-state index in [1.54, 1.807) is 0 Å². The van der Waals surface area contributed by atoms with Gasteiger partial charge in [-0.15, -0.1) is 0 Å². The third-order valence-electron chi connectivity index (χ3n) is 8.74. The number of hydrogen-bond acceptors (Lipinski definition) is 4. The zero-order valence-corrected chi connectivity index (χ0v) is 26.5. The normalized spacial score (nSPS) is 20.4. The predicted octanol–water partition coefficient (Wildman–Crippen LogP) is 5.97. The summed E-state index contributed by atoms with van der Waals surface area (Å²) in [6.45, 7) is 6.29. The Hall–Kier alpha value is -1.48. The highest BCUT2D eigenvalue weighted by atomic mass is 79.9. The fourth-order valence-corrected chi connectivity index (χ4v) is 8.12. The number of rotatable bonds is 6. The second-order valence-electron chi connectivity index (χ2n) is 11.2. The molecule has 1 aromatic carbocycles. The van der Waals surface area contributed by atoms with Gasteiger partial charge in [-0.1, -0.05) is 34.5 Å². The van der Waals surface area contributed by atoms with Crippen molar-refractivity contribution in [3.05, 3.63) is 60.7 Å². The van der Waals surface area contributed by atoms with Crippen molar-refractivity contribution in [2.24, 2.45) is 11.8 Å². The standard InChI is InChI=1S/C30H37Br2ClN4O2/c1-2-34-18-27(39)37-9-5-19(6-10-37)13-26(38)36-11-7-20(8-12-36)29-28-21(15-24(33)16-25(28)32)3-4-22-14-23(31)17-35-30(22)29/h14-17,19-20,29,34H,2-13,18H2,1H3/t29-/m1/s1. The Morgan fingerprint density at radius 3 is 2.36 bits per heavy atom. The van der Waals surface area contributed by atoms with E-state index in [1.165, 1.54) is 22.4 Å². The number of piperidine rings is 2. The van der Waals surface area contributed by atoms with E-state index < -0.39 is 0 Å². The number of nitrogens with zero attached hydrogens (tertiary/aromatic N) is 3. The number of aryl methyl sites for hydroxylation is 2. The third-order valence-corrected chi connectivity index (χ3v) is 10.0. The highest BCUT2D eigenvalue weighted by Crippen LogP contribution is 2.46. The topological polar surface area (TPSA) is 65.5 Å². The molecule has 2 saturated heterocycles. The van der Waals surface area contributed by atoms with Crippen LogP contribution in [0.25, 0.3) is 0 Å². The number of carbonyl (C=O) groups is 2. The number of nitrogens with one attached hydrogen (secondary N) is 1. The number of carbonyl (C=O) groups excluding carboxylic acids is 2. The molecule has 3 heterocycles. The van der Waals surface area contributed by atoms with Gasteiger partial charge in [-0.3, -0.25) is 14.6 Å². The first-order valence-electron chi connectivity index (χ1n) is 14.2.